The first-order chi connectivity index (χ1) is 11.6. The van der Waals surface area contributed by atoms with E-state index in [2.05, 4.69) is 4.98 Å². The lowest BCUT2D eigenvalue weighted by Gasteiger charge is -2.08. The van der Waals surface area contributed by atoms with Crippen molar-refractivity contribution in [3.8, 4) is 17.2 Å². The van der Waals surface area contributed by atoms with E-state index < -0.39 is 0 Å². The molecule has 0 saturated heterocycles. The van der Waals surface area contributed by atoms with Crippen LogP contribution in [-0.2, 0) is 6.42 Å². The molecule has 0 radical (unpaired) electrons. The van der Waals surface area contributed by atoms with E-state index >= 15 is 0 Å². The van der Waals surface area contributed by atoms with Gasteiger partial charge in [0.1, 0.15) is 11.5 Å². The molecule has 0 amide bonds. The van der Waals surface area contributed by atoms with Crippen molar-refractivity contribution in [1.29, 1.82) is 0 Å². The average Bonchev–Trinajstić information content (AvgIpc) is 2.97. The van der Waals surface area contributed by atoms with Crippen molar-refractivity contribution in [1.82, 2.24) is 4.98 Å². The zero-order chi connectivity index (χ0) is 16.9. The van der Waals surface area contributed by atoms with Gasteiger partial charge in [-0.25, -0.2) is 4.98 Å². The molecule has 0 unspecified atom stereocenters. The van der Waals surface area contributed by atoms with Crippen LogP contribution in [-0.4, -0.2) is 11.6 Å². The summed E-state index contributed by atoms with van der Waals surface area (Å²) in [6.07, 6.45) is 0.706. The largest absolute Gasteiger partial charge is 0.493 e. The molecule has 24 heavy (non-hydrogen) atoms. The molecule has 4 heteroatoms. The molecule has 1 atom stereocenters. The molecule has 3 aromatic rings. The van der Waals surface area contributed by atoms with Gasteiger partial charge >= 0.3 is 0 Å². The van der Waals surface area contributed by atoms with Crippen LogP contribution in [0.1, 0.15) is 30.0 Å². The Hall–Kier alpha value is -2.59. The minimum atomic E-state index is 0.0354. The van der Waals surface area contributed by atoms with Gasteiger partial charge in [0.2, 0.25) is 5.89 Å². The van der Waals surface area contributed by atoms with Crippen LogP contribution < -0.4 is 10.5 Å². The Morgan fingerprint density at radius 1 is 1.08 bits per heavy atom. The van der Waals surface area contributed by atoms with Gasteiger partial charge < -0.3 is 14.9 Å². The second kappa shape index (κ2) is 7.32. The van der Waals surface area contributed by atoms with E-state index in [-0.39, 0.29) is 6.04 Å². The van der Waals surface area contributed by atoms with E-state index in [4.69, 9.17) is 14.9 Å². The first kappa shape index (κ1) is 16.3. The molecular formula is C20H22N2O2. The number of ether oxygens (including phenoxy) is 1. The average molecular weight is 322 g/mol. The van der Waals surface area contributed by atoms with Gasteiger partial charge in [-0.2, -0.15) is 0 Å². The first-order valence-corrected chi connectivity index (χ1v) is 8.13. The van der Waals surface area contributed by atoms with Crippen molar-refractivity contribution in [2.75, 3.05) is 6.61 Å². The number of rotatable bonds is 6. The second-order valence-corrected chi connectivity index (χ2v) is 5.84. The zero-order valence-electron chi connectivity index (χ0n) is 14.0. The predicted molar refractivity (Wildman–Crippen MR) is 94.9 cm³/mol. The molecule has 124 valence electrons. The highest BCUT2D eigenvalue weighted by Crippen LogP contribution is 2.22. The number of oxazole rings is 1. The number of hydrogen-bond acceptors (Lipinski definition) is 4. The molecule has 0 saturated carbocycles. The van der Waals surface area contributed by atoms with Crippen LogP contribution in [0, 0.1) is 6.92 Å². The summed E-state index contributed by atoms with van der Waals surface area (Å²) in [4.78, 5) is 4.59. The van der Waals surface area contributed by atoms with Gasteiger partial charge in [-0.05, 0) is 43.7 Å². The molecule has 4 nitrogen and oxygen atoms in total. The van der Waals surface area contributed by atoms with E-state index in [9.17, 15) is 0 Å². The van der Waals surface area contributed by atoms with E-state index in [0.29, 0.717) is 18.9 Å². The van der Waals surface area contributed by atoms with Crippen LogP contribution in [0.15, 0.2) is 59.0 Å². The van der Waals surface area contributed by atoms with Crippen LogP contribution in [0.25, 0.3) is 11.5 Å². The Kier molecular flexibility index (Phi) is 4.96. The smallest absolute Gasteiger partial charge is 0.226 e. The van der Waals surface area contributed by atoms with Gasteiger partial charge in [0.25, 0.3) is 0 Å². The van der Waals surface area contributed by atoms with E-state index in [1.807, 2.05) is 68.4 Å². The summed E-state index contributed by atoms with van der Waals surface area (Å²) in [5.41, 5.74) is 8.86. The molecule has 0 spiro atoms. The summed E-state index contributed by atoms with van der Waals surface area (Å²) < 4.78 is 11.6. The quantitative estimate of drug-likeness (QED) is 0.735. The lowest BCUT2D eigenvalue weighted by Crippen LogP contribution is -2.05. The highest BCUT2D eigenvalue weighted by Gasteiger charge is 2.11. The molecule has 1 heterocycles. The maximum Gasteiger partial charge on any atom is 0.226 e. The van der Waals surface area contributed by atoms with Gasteiger partial charge in [-0.1, -0.05) is 30.3 Å². The maximum absolute atomic E-state index is 5.85. The van der Waals surface area contributed by atoms with Crippen molar-refractivity contribution in [3.05, 3.63) is 71.6 Å². The Morgan fingerprint density at radius 2 is 1.79 bits per heavy atom. The maximum atomic E-state index is 5.85. The minimum Gasteiger partial charge on any atom is -0.493 e. The number of aryl methyl sites for hydroxylation is 1. The SMILES string of the molecule is Cc1oc(-c2ccccc2)nc1CCOc1ccc([C@H](C)N)cc1. The van der Waals surface area contributed by atoms with Gasteiger partial charge in [0.05, 0.1) is 12.3 Å². The molecule has 1 aromatic heterocycles. The van der Waals surface area contributed by atoms with Gasteiger partial charge in [-0.3, -0.25) is 0 Å². The summed E-state index contributed by atoms with van der Waals surface area (Å²) >= 11 is 0. The summed E-state index contributed by atoms with van der Waals surface area (Å²) in [5.74, 6) is 2.33. The Labute approximate surface area is 142 Å². The standard InChI is InChI=1S/C20H22N2O2/c1-14(21)16-8-10-18(11-9-16)23-13-12-19-15(2)24-20(22-19)17-6-4-3-5-7-17/h3-11,14H,12-13,21H2,1-2H3/t14-/m0/s1. The van der Waals surface area contributed by atoms with Gasteiger partial charge in [0.15, 0.2) is 0 Å². The van der Waals surface area contributed by atoms with Crippen LogP contribution in [0.5, 0.6) is 5.75 Å². The highest BCUT2D eigenvalue weighted by atomic mass is 16.5. The molecule has 3 rings (SSSR count). The molecule has 2 aromatic carbocycles. The van der Waals surface area contributed by atoms with Gasteiger partial charge in [-0.15, -0.1) is 0 Å². The number of nitrogens with zero attached hydrogens (tertiary/aromatic N) is 1. The lowest BCUT2D eigenvalue weighted by molar-refractivity contribution is 0.320. The van der Waals surface area contributed by atoms with Crippen molar-refractivity contribution < 1.29 is 9.15 Å². The minimum absolute atomic E-state index is 0.0354. The highest BCUT2D eigenvalue weighted by molar-refractivity contribution is 5.53. The third kappa shape index (κ3) is 3.84. The van der Waals surface area contributed by atoms with Gasteiger partial charge in [0, 0.05) is 18.0 Å². The van der Waals surface area contributed by atoms with Crippen LogP contribution in [0.3, 0.4) is 0 Å². The number of benzene rings is 2. The first-order valence-electron chi connectivity index (χ1n) is 8.13. The number of hydrogen-bond donors (Lipinski definition) is 1. The molecule has 0 fully saturated rings. The number of nitrogens with two attached hydrogens (primary N) is 1. The monoisotopic (exact) mass is 322 g/mol. The fourth-order valence-electron chi connectivity index (χ4n) is 2.50. The predicted octanol–water partition coefficient (Wildman–Crippen LogP) is 4.29. The van der Waals surface area contributed by atoms with E-state index in [0.717, 1.165) is 28.3 Å². The summed E-state index contributed by atoms with van der Waals surface area (Å²) in [6, 6.07) is 17.8. The fraction of sp³-hybridized carbons (Fsp3) is 0.250. The summed E-state index contributed by atoms with van der Waals surface area (Å²) in [5, 5.41) is 0. The van der Waals surface area contributed by atoms with E-state index in [1.54, 1.807) is 0 Å². The summed E-state index contributed by atoms with van der Waals surface area (Å²) in [7, 11) is 0. The Balaban J connectivity index is 1.60. The van der Waals surface area contributed by atoms with Crippen molar-refractivity contribution >= 4 is 0 Å². The Morgan fingerprint density at radius 3 is 2.46 bits per heavy atom. The molecule has 0 bridgehead atoms. The lowest BCUT2D eigenvalue weighted by atomic mass is 10.1. The molecule has 0 aliphatic carbocycles. The third-order valence-electron chi connectivity index (χ3n) is 3.93. The van der Waals surface area contributed by atoms with Crippen molar-refractivity contribution in [3.63, 3.8) is 0 Å². The summed E-state index contributed by atoms with van der Waals surface area (Å²) in [6.45, 7) is 4.46. The molecular weight excluding hydrogens is 300 g/mol. The second-order valence-electron chi connectivity index (χ2n) is 5.84. The van der Waals surface area contributed by atoms with Crippen LogP contribution in [0.2, 0.25) is 0 Å². The fourth-order valence-corrected chi connectivity index (χ4v) is 2.50. The topological polar surface area (TPSA) is 61.3 Å². The van der Waals surface area contributed by atoms with Crippen LogP contribution >= 0.6 is 0 Å². The molecule has 2 N–H and O–H groups in total. The van der Waals surface area contributed by atoms with Crippen LogP contribution in [0.4, 0.5) is 0 Å². The van der Waals surface area contributed by atoms with Crippen molar-refractivity contribution in [2.45, 2.75) is 26.3 Å². The zero-order valence-corrected chi connectivity index (χ0v) is 14.0. The normalized spacial score (nSPS) is 12.1. The van der Waals surface area contributed by atoms with E-state index in [1.165, 1.54) is 0 Å². The number of aromatic nitrogens is 1. The molecule has 0 aliphatic rings. The Bertz CT molecular complexity index is 777. The third-order valence-corrected chi connectivity index (χ3v) is 3.93. The van der Waals surface area contributed by atoms with Crippen molar-refractivity contribution in [2.24, 2.45) is 5.73 Å². The molecule has 0 aliphatic heterocycles.